The van der Waals surface area contributed by atoms with Gasteiger partial charge in [-0.2, -0.15) is 5.26 Å². The quantitative estimate of drug-likeness (QED) is 0.204. The SMILES string of the molecule is N#Cc1ccc2c(c1)oc1ccc(-c3ccc(-c4cccc(P(=O)(c5ccccc5)c5ccccc5)c4)cc3)cc12. The fraction of sp³-hybridized carbons (Fsp3) is 0. The Bertz CT molecular complexity index is 2080. The highest BCUT2D eigenvalue weighted by atomic mass is 31.2. The van der Waals surface area contributed by atoms with Gasteiger partial charge in [-0.05, 0) is 58.7 Å². The number of hydrogen-bond acceptors (Lipinski definition) is 3. The monoisotopic (exact) mass is 545 g/mol. The minimum absolute atomic E-state index is 0.584. The zero-order valence-electron chi connectivity index (χ0n) is 22.1. The molecular weight excluding hydrogens is 521 g/mol. The first-order chi connectivity index (χ1) is 20.1. The van der Waals surface area contributed by atoms with Gasteiger partial charge >= 0.3 is 0 Å². The van der Waals surface area contributed by atoms with Crippen molar-refractivity contribution in [2.75, 3.05) is 0 Å². The van der Waals surface area contributed by atoms with Crippen molar-refractivity contribution in [3.05, 3.63) is 151 Å². The summed E-state index contributed by atoms with van der Waals surface area (Å²) >= 11 is 0. The van der Waals surface area contributed by atoms with Gasteiger partial charge in [0.05, 0.1) is 11.6 Å². The van der Waals surface area contributed by atoms with E-state index in [1.54, 1.807) is 6.07 Å². The normalized spacial score (nSPS) is 11.5. The maximum Gasteiger partial charge on any atom is 0.171 e. The molecular formula is C37H24NO2P. The van der Waals surface area contributed by atoms with Crippen molar-refractivity contribution in [2.24, 2.45) is 0 Å². The van der Waals surface area contributed by atoms with E-state index in [0.29, 0.717) is 5.56 Å². The van der Waals surface area contributed by atoms with Gasteiger partial charge in [-0.25, -0.2) is 0 Å². The van der Waals surface area contributed by atoms with Gasteiger partial charge in [0.2, 0.25) is 0 Å². The van der Waals surface area contributed by atoms with Crippen molar-refractivity contribution < 1.29 is 8.98 Å². The summed E-state index contributed by atoms with van der Waals surface area (Å²) in [6.45, 7) is 0. The van der Waals surface area contributed by atoms with Crippen molar-refractivity contribution in [3.63, 3.8) is 0 Å². The molecule has 1 heterocycles. The summed E-state index contributed by atoms with van der Waals surface area (Å²) in [5.41, 5.74) is 6.35. The van der Waals surface area contributed by atoms with E-state index in [0.717, 1.165) is 60.1 Å². The van der Waals surface area contributed by atoms with Crippen molar-refractivity contribution >= 4 is 45.0 Å². The molecule has 0 unspecified atom stereocenters. The Morgan fingerprint density at radius 1 is 0.488 bits per heavy atom. The Morgan fingerprint density at radius 2 is 1.07 bits per heavy atom. The second-order valence-corrected chi connectivity index (χ2v) is 12.8. The Labute approximate surface area is 238 Å². The molecule has 4 heteroatoms. The summed E-state index contributed by atoms with van der Waals surface area (Å²) in [7, 11) is -3.05. The minimum Gasteiger partial charge on any atom is -0.456 e. The molecule has 0 spiro atoms. The van der Waals surface area contributed by atoms with Crippen LogP contribution in [0.3, 0.4) is 0 Å². The average Bonchev–Trinajstić information content (AvgIpc) is 3.42. The summed E-state index contributed by atoms with van der Waals surface area (Å²) < 4.78 is 20.8. The number of rotatable bonds is 5. The van der Waals surface area contributed by atoms with Crippen LogP contribution in [0, 0.1) is 11.3 Å². The Balaban J connectivity index is 1.26. The van der Waals surface area contributed by atoms with Gasteiger partial charge in [-0.3, -0.25) is 0 Å². The molecule has 0 amide bonds. The molecule has 0 saturated carbocycles. The molecule has 0 fully saturated rings. The summed E-state index contributed by atoms with van der Waals surface area (Å²) in [4.78, 5) is 0. The second kappa shape index (κ2) is 10.1. The van der Waals surface area contributed by atoms with Crippen molar-refractivity contribution in [3.8, 4) is 28.3 Å². The van der Waals surface area contributed by atoms with Gasteiger partial charge in [0.1, 0.15) is 11.2 Å². The smallest absolute Gasteiger partial charge is 0.171 e. The molecule has 0 aliphatic rings. The third-order valence-corrected chi connectivity index (χ3v) is 10.7. The lowest BCUT2D eigenvalue weighted by atomic mass is 9.99. The summed E-state index contributed by atoms with van der Waals surface area (Å²) in [6.07, 6.45) is 0. The maximum atomic E-state index is 14.8. The predicted molar refractivity (Wildman–Crippen MR) is 169 cm³/mol. The van der Waals surface area contributed by atoms with E-state index in [4.69, 9.17) is 4.42 Å². The molecule has 7 rings (SSSR count). The van der Waals surface area contributed by atoms with E-state index in [9.17, 15) is 9.83 Å². The molecule has 0 bridgehead atoms. The molecule has 194 valence electrons. The van der Waals surface area contributed by atoms with Crippen LogP contribution in [-0.4, -0.2) is 0 Å². The van der Waals surface area contributed by atoms with Crippen molar-refractivity contribution in [2.45, 2.75) is 0 Å². The molecule has 3 nitrogen and oxygen atoms in total. The summed E-state index contributed by atoms with van der Waals surface area (Å²) in [6, 6.07) is 50.0. The molecule has 0 radical (unpaired) electrons. The topological polar surface area (TPSA) is 54.0 Å². The molecule has 0 N–H and O–H groups in total. The highest BCUT2D eigenvalue weighted by Crippen LogP contribution is 2.43. The van der Waals surface area contributed by atoms with Gasteiger partial charge < -0.3 is 8.98 Å². The molecule has 7 aromatic rings. The van der Waals surface area contributed by atoms with Crippen LogP contribution in [-0.2, 0) is 4.57 Å². The summed E-state index contributed by atoms with van der Waals surface area (Å²) in [5.74, 6) is 0. The van der Waals surface area contributed by atoms with Gasteiger partial charge in [0, 0.05) is 26.7 Å². The number of benzene rings is 6. The van der Waals surface area contributed by atoms with Crippen molar-refractivity contribution in [1.29, 1.82) is 5.26 Å². The average molecular weight is 546 g/mol. The molecule has 1 aromatic heterocycles. The standard InChI is InChI=1S/C37H24NO2P/c38-25-26-14-20-34-35-24-30(19-21-36(35)40-37(34)22-26)28-17-15-27(16-18-28)29-8-7-13-33(23-29)41(39,31-9-3-1-4-10-31)32-11-5-2-6-12-32/h1-24H. The third kappa shape index (κ3) is 4.36. The zero-order chi connectivity index (χ0) is 27.8. The second-order valence-electron chi connectivity index (χ2n) is 10.0. The first kappa shape index (κ1) is 24.9. The van der Waals surface area contributed by atoms with E-state index >= 15 is 0 Å². The van der Waals surface area contributed by atoms with E-state index in [1.807, 2.05) is 91.0 Å². The van der Waals surface area contributed by atoms with E-state index < -0.39 is 7.14 Å². The minimum atomic E-state index is -3.05. The van der Waals surface area contributed by atoms with Crippen LogP contribution in [0.15, 0.2) is 150 Å². The fourth-order valence-corrected chi connectivity index (χ4v) is 8.18. The lowest BCUT2D eigenvalue weighted by Crippen LogP contribution is -2.25. The van der Waals surface area contributed by atoms with Crippen LogP contribution in [0.1, 0.15) is 5.56 Å². The Kier molecular flexibility index (Phi) is 6.12. The molecule has 0 atom stereocenters. The highest BCUT2D eigenvalue weighted by Gasteiger charge is 2.29. The summed E-state index contributed by atoms with van der Waals surface area (Å²) in [5, 5.41) is 13.7. The van der Waals surface area contributed by atoms with Crippen LogP contribution in [0.4, 0.5) is 0 Å². The maximum absolute atomic E-state index is 14.8. The van der Waals surface area contributed by atoms with E-state index in [-0.39, 0.29) is 0 Å². The van der Waals surface area contributed by atoms with Crippen LogP contribution in [0.25, 0.3) is 44.2 Å². The number of nitrogens with zero attached hydrogens (tertiary/aromatic N) is 1. The van der Waals surface area contributed by atoms with Crippen LogP contribution in [0.5, 0.6) is 0 Å². The zero-order valence-corrected chi connectivity index (χ0v) is 23.0. The van der Waals surface area contributed by atoms with Crippen LogP contribution < -0.4 is 15.9 Å². The van der Waals surface area contributed by atoms with Gasteiger partial charge in [0.25, 0.3) is 0 Å². The largest absolute Gasteiger partial charge is 0.456 e. The number of hydrogen-bond donors (Lipinski definition) is 0. The first-order valence-corrected chi connectivity index (χ1v) is 15.1. The molecule has 0 aliphatic heterocycles. The molecule has 0 aliphatic carbocycles. The van der Waals surface area contributed by atoms with Gasteiger partial charge in [0.15, 0.2) is 7.14 Å². The highest BCUT2D eigenvalue weighted by molar-refractivity contribution is 7.85. The third-order valence-electron chi connectivity index (χ3n) is 7.60. The number of nitriles is 1. The lowest BCUT2D eigenvalue weighted by molar-refractivity contribution is 0.592. The molecule has 41 heavy (non-hydrogen) atoms. The lowest BCUT2D eigenvalue weighted by Gasteiger charge is -2.20. The van der Waals surface area contributed by atoms with E-state index in [1.165, 1.54) is 0 Å². The van der Waals surface area contributed by atoms with Crippen molar-refractivity contribution in [1.82, 2.24) is 0 Å². The first-order valence-electron chi connectivity index (χ1n) is 13.4. The fourth-order valence-electron chi connectivity index (χ4n) is 5.49. The number of furan rings is 1. The molecule has 6 aromatic carbocycles. The Morgan fingerprint density at radius 3 is 1.71 bits per heavy atom. The van der Waals surface area contributed by atoms with Gasteiger partial charge in [-0.1, -0.05) is 109 Å². The Hall–Kier alpha value is -5.16. The van der Waals surface area contributed by atoms with Crippen LogP contribution >= 0.6 is 7.14 Å². The van der Waals surface area contributed by atoms with Crippen LogP contribution in [0.2, 0.25) is 0 Å². The molecule has 0 saturated heterocycles. The van der Waals surface area contributed by atoms with E-state index in [2.05, 4.69) is 54.6 Å². The number of fused-ring (bicyclic) bond motifs is 3. The van der Waals surface area contributed by atoms with Gasteiger partial charge in [-0.15, -0.1) is 0 Å². The predicted octanol–water partition coefficient (Wildman–Crippen LogP) is 8.43.